The molecular formula is C20H22N8O. The van der Waals surface area contributed by atoms with E-state index in [1.54, 1.807) is 15.7 Å². The highest BCUT2D eigenvalue weighted by Gasteiger charge is 2.60. The summed E-state index contributed by atoms with van der Waals surface area (Å²) in [5.74, 6) is 1.01. The van der Waals surface area contributed by atoms with Gasteiger partial charge in [-0.15, -0.1) is 15.3 Å². The number of tetrazole rings is 1. The third-order valence-corrected chi connectivity index (χ3v) is 6.93. The number of carbonyl (C=O) groups is 1. The van der Waals surface area contributed by atoms with E-state index >= 15 is 0 Å². The first-order chi connectivity index (χ1) is 14.1. The summed E-state index contributed by atoms with van der Waals surface area (Å²) in [5, 5.41) is 24.1. The maximum atomic E-state index is 13.1. The number of nitrogens with zero attached hydrogens (tertiary/aromatic N) is 7. The molecule has 0 spiro atoms. The number of rotatable bonds is 4. The quantitative estimate of drug-likeness (QED) is 0.728. The summed E-state index contributed by atoms with van der Waals surface area (Å²) in [6, 6.07) is 9.68. The Morgan fingerprint density at radius 3 is 2.59 bits per heavy atom. The molecule has 7 rings (SSSR count). The third kappa shape index (κ3) is 2.67. The van der Waals surface area contributed by atoms with Crippen LogP contribution >= 0.6 is 0 Å². The molecule has 29 heavy (non-hydrogen) atoms. The molecular weight excluding hydrogens is 368 g/mol. The molecule has 2 heterocycles. The van der Waals surface area contributed by atoms with Gasteiger partial charge in [0.15, 0.2) is 12.0 Å². The molecule has 1 N–H and O–H groups in total. The lowest BCUT2D eigenvalue weighted by Crippen LogP contribution is -2.66. The van der Waals surface area contributed by atoms with Gasteiger partial charge in [0.05, 0.1) is 17.4 Å². The van der Waals surface area contributed by atoms with Crippen LogP contribution < -0.4 is 5.32 Å². The Labute approximate surface area is 167 Å². The van der Waals surface area contributed by atoms with Crippen LogP contribution in [-0.2, 0) is 5.54 Å². The SMILES string of the molecule is O=C(NC12CC3CC(C1)CC(n1ncnn1)(C3)C2)c1cn(-c2ccccc2)nn1. The topological polar surface area (TPSA) is 103 Å². The Morgan fingerprint density at radius 2 is 1.86 bits per heavy atom. The minimum absolute atomic E-state index is 0.129. The van der Waals surface area contributed by atoms with E-state index in [-0.39, 0.29) is 17.0 Å². The fourth-order valence-corrected chi connectivity index (χ4v) is 6.36. The standard InChI is InChI=1S/C20H22N8O/c29-18(17-11-27(26-24-17)16-4-2-1-3-5-16)23-19-7-14-6-15(8-19)10-20(9-14,12-19)28-22-13-21-25-28/h1-5,11,13-15H,6-10,12H2,(H,23,29). The van der Waals surface area contributed by atoms with Crippen LogP contribution in [0.5, 0.6) is 0 Å². The minimum atomic E-state index is -0.231. The number of amides is 1. The predicted molar refractivity (Wildman–Crippen MR) is 102 cm³/mol. The summed E-state index contributed by atoms with van der Waals surface area (Å²) in [5.41, 5.74) is 0.864. The lowest BCUT2D eigenvalue weighted by molar-refractivity contribution is -0.0811. The number of hydrogen-bond donors (Lipinski definition) is 1. The van der Waals surface area contributed by atoms with Gasteiger partial charge < -0.3 is 5.32 Å². The molecule has 4 fully saturated rings. The number of nitrogens with one attached hydrogen (secondary N) is 1. The van der Waals surface area contributed by atoms with Crippen molar-refractivity contribution in [2.45, 2.75) is 49.6 Å². The number of para-hydroxylation sites is 1. The van der Waals surface area contributed by atoms with E-state index in [0.29, 0.717) is 17.5 Å². The number of benzene rings is 1. The molecule has 4 saturated carbocycles. The first-order valence-corrected chi connectivity index (χ1v) is 10.2. The number of hydrogen-bond acceptors (Lipinski definition) is 6. The molecule has 0 aliphatic heterocycles. The molecule has 148 valence electrons. The van der Waals surface area contributed by atoms with Crippen LogP contribution in [0.4, 0.5) is 0 Å². The lowest BCUT2D eigenvalue weighted by atomic mass is 9.50. The zero-order valence-corrected chi connectivity index (χ0v) is 16.0. The number of carbonyl (C=O) groups excluding carboxylic acids is 1. The molecule has 2 aromatic heterocycles. The molecule has 1 aromatic carbocycles. The summed E-state index contributed by atoms with van der Waals surface area (Å²) in [4.78, 5) is 14.9. The Balaban J connectivity index is 1.27. The monoisotopic (exact) mass is 390 g/mol. The maximum Gasteiger partial charge on any atom is 0.273 e. The normalized spacial score (nSPS) is 32.4. The van der Waals surface area contributed by atoms with Gasteiger partial charge in [-0.1, -0.05) is 23.4 Å². The van der Waals surface area contributed by atoms with Crippen LogP contribution in [0.2, 0.25) is 0 Å². The van der Waals surface area contributed by atoms with Gasteiger partial charge in [-0.05, 0) is 67.7 Å². The highest BCUT2D eigenvalue weighted by Crippen LogP contribution is 2.60. The van der Waals surface area contributed by atoms with E-state index < -0.39 is 0 Å². The van der Waals surface area contributed by atoms with Crippen molar-refractivity contribution < 1.29 is 4.79 Å². The summed E-state index contributed by atoms with van der Waals surface area (Å²) in [6.45, 7) is 0. The van der Waals surface area contributed by atoms with Gasteiger partial charge >= 0.3 is 0 Å². The summed E-state index contributed by atoms with van der Waals surface area (Å²) < 4.78 is 1.63. The van der Waals surface area contributed by atoms with Crippen molar-refractivity contribution in [2.24, 2.45) is 11.8 Å². The van der Waals surface area contributed by atoms with Gasteiger partial charge in [0.2, 0.25) is 0 Å². The molecule has 1 amide bonds. The van der Waals surface area contributed by atoms with Crippen molar-refractivity contribution in [1.29, 1.82) is 0 Å². The van der Waals surface area contributed by atoms with Crippen molar-refractivity contribution in [3.05, 3.63) is 48.5 Å². The zero-order chi connectivity index (χ0) is 19.5. The van der Waals surface area contributed by atoms with Crippen molar-refractivity contribution in [3.63, 3.8) is 0 Å². The fourth-order valence-electron chi connectivity index (χ4n) is 6.36. The molecule has 3 aromatic rings. The fraction of sp³-hybridized carbons (Fsp3) is 0.500. The van der Waals surface area contributed by atoms with Gasteiger partial charge in [-0.25, -0.2) is 4.68 Å². The summed E-state index contributed by atoms with van der Waals surface area (Å²) >= 11 is 0. The van der Waals surface area contributed by atoms with E-state index in [9.17, 15) is 4.79 Å². The second-order valence-corrected chi connectivity index (χ2v) is 9.03. The van der Waals surface area contributed by atoms with E-state index in [2.05, 4.69) is 31.0 Å². The van der Waals surface area contributed by atoms with E-state index in [0.717, 1.165) is 37.8 Å². The molecule has 0 saturated heterocycles. The summed E-state index contributed by atoms with van der Waals surface area (Å²) in [7, 11) is 0. The largest absolute Gasteiger partial charge is 0.345 e. The Morgan fingerprint density at radius 1 is 1.07 bits per heavy atom. The Kier molecular flexibility index (Phi) is 3.45. The average molecular weight is 390 g/mol. The van der Waals surface area contributed by atoms with Crippen molar-refractivity contribution in [3.8, 4) is 5.69 Å². The van der Waals surface area contributed by atoms with Crippen LogP contribution in [0.15, 0.2) is 42.9 Å². The lowest BCUT2D eigenvalue weighted by Gasteiger charge is -2.61. The predicted octanol–water partition coefficient (Wildman–Crippen LogP) is 1.73. The molecule has 0 radical (unpaired) electrons. The van der Waals surface area contributed by atoms with Crippen molar-refractivity contribution >= 4 is 5.91 Å². The smallest absolute Gasteiger partial charge is 0.273 e. The summed E-state index contributed by atoms with van der Waals surface area (Å²) in [6.07, 6.45) is 9.45. The third-order valence-electron chi connectivity index (χ3n) is 6.93. The molecule has 4 bridgehead atoms. The number of aromatic nitrogens is 7. The van der Waals surface area contributed by atoms with Crippen LogP contribution in [0.3, 0.4) is 0 Å². The molecule has 9 nitrogen and oxygen atoms in total. The zero-order valence-electron chi connectivity index (χ0n) is 16.0. The van der Waals surface area contributed by atoms with Crippen molar-refractivity contribution in [1.82, 2.24) is 40.5 Å². The molecule has 2 atom stereocenters. The van der Waals surface area contributed by atoms with Crippen LogP contribution in [0.25, 0.3) is 5.69 Å². The highest BCUT2D eigenvalue weighted by atomic mass is 16.2. The molecule has 4 aliphatic rings. The van der Waals surface area contributed by atoms with Gasteiger partial charge in [-0.3, -0.25) is 4.79 Å². The first-order valence-electron chi connectivity index (χ1n) is 10.2. The first kappa shape index (κ1) is 16.8. The molecule has 9 heteroatoms. The molecule has 4 aliphatic carbocycles. The van der Waals surface area contributed by atoms with Gasteiger partial charge in [0, 0.05) is 5.54 Å². The second-order valence-electron chi connectivity index (χ2n) is 9.03. The van der Waals surface area contributed by atoms with E-state index in [1.807, 2.05) is 30.3 Å². The van der Waals surface area contributed by atoms with E-state index in [4.69, 9.17) is 0 Å². The molecule has 2 unspecified atom stereocenters. The maximum absolute atomic E-state index is 13.1. The van der Waals surface area contributed by atoms with Gasteiger partial charge in [0.1, 0.15) is 0 Å². The van der Waals surface area contributed by atoms with Gasteiger partial charge in [-0.2, -0.15) is 4.80 Å². The van der Waals surface area contributed by atoms with Crippen LogP contribution in [0.1, 0.15) is 49.0 Å². The van der Waals surface area contributed by atoms with Crippen LogP contribution in [0, 0.1) is 11.8 Å². The van der Waals surface area contributed by atoms with E-state index in [1.165, 1.54) is 12.7 Å². The van der Waals surface area contributed by atoms with Crippen molar-refractivity contribution in [2.75, 3.05) is 0 Å². The van der Waals surface area contributed by atoms with Crippen LogP contribution in [-0.4, -0.2) is 46.6 Å². The Hall–Kier alpha value is -3.10. The minimum Gasteiger partial charge on any atom is -0.345 e. The average Bonchev–Trinajstić information content (AvgIpc) is 3.40. The van der Waals surface area contributed by atoms with Gasteiger partial charge in [0.25, 0.3) is 5.91 Å². The highest BCUT2D eigenvalue weighted by molar-refractivity contribution is 5.92. The second kappa shape index (κ2) is 5.95. The Bertz CT molecular complexity index is 1030.